The van der Waals surface area contributed by atoms with Crippen molar-refractivity contribution in [3.63, 3.8) is 0 Å². The Morgan fingerprint density at radius 2 is 1.67 bits per heavy atom. The summed E-state index contributed by atoms with van der Waals surface area (Å²) in [5.41, 5.74) is 2.41. The second-order valence-corrected chi connectivity index (χ2v) is 7.17. The quantitative estimate of drug-likeness (QED) is 0.742. The third-order valence-electron chi connectivity index (χ3n) is 3.50. The van der Waals surface area contributed by atoms with E-state index in [0.717, 1.165) is 10.6 Å². The summed E-state index contributed by atoms with van der Waals surface area (Å²) in [5.74, 6) is 0. The predicted octanol–water partition coefficient (Wildman–Crippen LogP) is 5.87. The summed E-state index contributed by atoms with van der Waals surface area (Å²) in [4.78, 5) is 0. The Labute approximate surface area is 137 Å². The standard InChI is InChI=1S/C18H21Cl2N/c1-18(2,3)17(13-7-5-4-6-8-13)21-12-14-11-15(19)9-10-16(14)20/h4-11,17,21H,12H2,1-3H3. The largest absolute Gasteiger partial charge is 0.305 e. The molecular weight excluding hydrogens is 301 g/mol. The molecule has 0 aliphatic rings. The SMILES string of the molecule is CC(C)(C)C(NCc1cc(Cl)ccc1Cl)c1ccccc1. The zero-order valence-corrected chi connectivity index (χ0v) is 14.2. The molecule has 21 heavy (non-hydrogen) atoms. The van der Waals surface area contributed by atoms with Crippen molar-refractivity contribution in [3.8, 4) is 0 Å². The molecule has 112 valence electrons. The van der Waals surface area contributed by atoms with Crippen LogP contribution in [0.1, 0.15) is 37.9 Å². The van der Waals surface area contributed by atoms with Crippen LogP contribution in [0.25, 0.3) is 0 Å². The summed E-state index contributed by atoms with van der Waals surface area (Å²) in [6.45, 7) is 7.39. The van der Waals surface area contributed by atoms with E-state index in [0.29, 0.717) is 11.6 Å². The van der Waals surface area contributed by atoms with Gasteiger partial charge in [0.25, 0.3) is 0 Å². The van der Waals surface area contributed by atoms with Crippen LogP contribution in [0.4, 0.5) is 0 Å². The summed E-state index contributed by atoms with van der Waals surface area (Å²) < 4.78 is 0. The minimum Gasteiger partial charge on any atom is -0.305 e. The topological polar surface area (TPSA) is 12.0 Å². The van der Waals surface area contributed by atoms with Crippen LogP contribution in [0, 0.1) is 5.41 Å². The first kappa shape index (κ1) is 16.4. The van der Waals surface area contributed by atoms with Crippen LogP contribution in [-0.2, 0) is 6.54 Å². The monoisotopic (exact) mass is 321 g/mol. The Hall–Kier alpha value is -1.02. The molecule has 0 aliphatic heterocycles. The van der Waals surface area contributed by atoms with E-state index in [9.17, 15) is 0 Å². The maximum atomic E-state index is 6.24. The highest BCUT2D eigenvalue weighted by atomic mass is 35.5. The molecule has 0 amide bonds. The summed E-state index contributed by atoms with van der Waals surface area (Å²) in [7, 11) is 0. The van der Waals surface area contributed by atoms with Gasteiger partial charge in [-0.15, -0.1) is 0 Å². The Bertz CT molecular complexity index is 588. The average Bonchev–Trinajstić information content (AvgIpc) is 2.42. The van der Waals surface area contributed by atoms with Gasteiger partial charge in [-0.1, -0.05) is 74.3 Å². The van der Waals surface area contributed by atoms with E-state index in [2.05, 4.69) is 50.4 Å². The molecule has 0 fully saturated rings. The molecule has 0 aliphatic carbocycles. The van der Waals surface area contributed by atoms with Crippen molar-refractivity contribution in [1.29, 1.82) is 0 Å². The molecule has 1 atom stereocenters. The number of halogens is 2. The highest BCUT2D eigenvalue weighted by Gasteiger charge is 2.25. The summed E-state index contributed by atoms with van der Waals surface area (Å²) in [5, 5.41) is 5.07. The minimum atomic E-state index is 0.104. The average molecular weight is 322 g/mol. The molecule has 1 nitrogen and oxygen atoms in total. The van der Waals surface area contributed by atoms with Crippen molar-refractivity contribution >= 4 is 23.2 Å². The number of nitrogens with one attached hydrogen (secondary N) is 1. The van der Waals surface area contributed by atoms with Gasteiger partial charge in [0.05, 0.1) is 0 Å². The van der Waals surface area contributed by atoms with E-state index in [-0.39, 0.29) is 11.5 Å². The van der Waals surface area contributed by atoms with Gasteiger partial charge in [0, 0.05) is 22.6 Å². The molecular formula is C18H21Cl2N. The Morgan fingerprint density at radius 1 is 1.00 bits per heavy atom. The van der Waals surface area contributed by atoms with Gasteiger partial charge < -0.3 is 5.32 Å². The number of hydrogen-bond donors (Lipinski definition) is 1. The van der Waals surface area contributed by atoms with Crippen LogP contribution in [0.2, 0.25) is 10.0 Å². The predicted molar refractivity (Wildman–Crippen MR) is 91.9 cm³/mol. The normalized spacial score (nSPS) is 13.2. The highest BCUT2D eigenvalue weighted by molar-refractivity contribution is 6.33. The lowest BCUT2D eigenvalue weighted by Crippen LogP contribution is -2.32. The first-order valence-corrected chi connectivity index (χ1v) is 7.86. The molecule has 0 heterocycles. The van der Waals surface area contributed by atoms with Crippen LogP contribution < -0.4 is 5.32 Å². The second-order valence-electron chi connectivity index (χ2n) is 6.33. The molecule has 1 unspecified atom stereocenters. The van der Waals surface area contributed by atoms with Crippen LogP contribution >= 0.6 is 23.2 Å². The molecule has 0 bridgehead atoms. The third-order valence-corrected chi connectivity index (χ3v) is 4.11. The van der Waals surface area contributed by atoms with Crippen LogP contribution in [0.5, 0.6) is 0 Å². The van der Waals surface area contributed by atoms with Gasteiger partial charge >= 0.3 is 0 Å². The lowest BCUT2D eigenvalue weighted by molar-refractivity contribution is 0.271. The number of benzene rings is 2. The number of hydrogen-bond acceptors (Lipinski definition) is 1. The van der Waals surface area contributed by atoms with E-state index in [1.165, 1.54) is 5.56 Å². The maximum Gasteiger partial charge on any atom is 0.0451 e. The summed E-state index contributed by atoms with van der Waals surface area (Å²) in [6, 6.07) is 16.3. The van der Waals surface area contributed by atoms with Crippen molar-refractivity contribution in [2.75, 3.05) is 0 Å². The Kier molecular flexibility index (Phi) is 5.32. The van der Waals surface area contributed by atoms with Gasteiger partial charge in [0.2, 0.25) is 0 Å². The minimum absolute atomic E-state index is 0.104. The fraction of sp³-hybridized carbons (Fsp3) is 0.333. The zero-order valence-electron chi connectivity index (χ0n) is 12.7. The van der Waals surface area contributed by atoms with Crippen molar-refractivity contribution in [1.82, 2.24) is 5.32 Å². The highest BCUT2D eigenvalue weighted by Crippen LogP contribution is 2.33. The summed E-state index contributed by atoms with van der Waals surface area (Å²) in [6.07, 6.45) is 0. The third kappa shape index (κ3) is 4.47. The van der Waals surface area contributed by atoms with Crippen molar-refractivity contribution in [3.05, 3.63) is 69.7 Å². The van der Waals surface area contributed by atoms with Gasteiger partial charge in [0.15, 0.2) is 0 Å². The Morgan fingerprint density at radius 3 is 2.29 bits per heavy atom. The Balaban J connectivity index is 2.19. The van der Waals surface area contributed by atoms with E-state index < -0.39 is 0 Å². The lowest BCUT2D eigenvalue weighted by Gasteiger charge is -2.32. The van der Waals surface area contributed by atoms with E-state index in [4.69, 9.17) is 23.2 Å². The smallest absolute Gasteiger partial charge is 0.0451 e. The lowest BCUT2D eigenvalue weighted by atomic mass is 9.82. The van der Waals surface area contributed by atoms with Gasteiger partial charge in [-0.2, -0.15) is 0 Å². The van der Waals surface area contributed by atoms with Crippen molar-refractivity contribution < 1.29 is 0 Å². The molecule has 2 rings (SSSR count). The second kappa shape index (κ2) is 6.83. The van der Waals surface area contributed by atoms with E-state index >= 15 is 0 Å². The molecule has 2 aromatic rings. The first-order chi connectivity index (χ1) is 9.88. The molecule has 3 heteroatoms. The molecule has 0 radical (unpaired) electrons. The summed E-state index contributed by atoms with van der Waals surface area (Å²) >= 11 is 12.3. The fourth-order valence-corrected chi connectivity index (χ4v) is 2.84. The van der Waals surface area contributed by atoms with E-state index in [1.54, 1.807) is 0 Å². The van der Waals surface area contributed by atoms with E-state index in [1.807, 2.05) is 24.3 Å². The molecule has 1 N–H and O–H groups in total. The van der Waals surface area contributed by atoms with Crippen LogP contribution in [0.15, 0.2) is 48.5 Å². The van der Waals surface area contributed by atoms with Crippen LogP contribution in [-0.4, -0.2) is 0 Å². The van der Waals surface area contributed by atoms with Gasteiger partial charge in [0.1, 0.15) is 0 Å². The fourth-order valence-electron chi connectivity index (χ4n) is 2.46. The maximum absolute atomic E-state index is 6.24. The first-order valence-electron chi connectivity index (χ1n) is 7.10. The molecule has 0 spiro atoms. The van der Waals surface area contributed by atoms with Gasteiger partial charge in [-0.05, 0) is 34.7 Å². The van der Waals surface area contributed by atoms with Crippen molar-refractivity contribution in [2.45, 2.75) is 33.4 Å². The zero-order chi connectivity index (χ0) is 15.5. The number of rotatable bonds is 4. The molecule has 0 saturated heterocycles. The van der Waals surface area contributed by atoms with Gasteiger partial charge in [-0.3, -0.25) is 0 Å². The molecule has 2 aromatic carbocycles. The molecule has 0 aromatic heterocycles. The molecule has 0 saturated carbocycles. The van der Waals surface area contributed by atoms with Crippen LogP contribution in [0.3, 0.4) is 0 Å². The van der Waals surface area contributed by atoms with Crippen molar-refractivity contribution in [2.24, 2.45) is 5.41 Å². The van der Waals surface area contributed by atoms with Gasteiger partial charge in [-0.25, -0.2) is 0 Å².